The largest absolute Gasteiger partial charge is 0.508 e. The van der Waals surface area contributed by atoms with E-state index >= 15 is 0 Å². The number of phenols is 3. The maximum Gasteiger partial charge on any atom is 0.123 e. The molecule has 0 unspecified atom stereocenters. The van der Waals surface area contributed by atoms with Gasteiger partial charge in [0.15, 0.2) is 0 Å². The smallest absolute Gasteiger partial charge is 0.123 e. The van der Waals surface area contributed by atoms with Crippen LogP contribution in [-0.4, -0.2) is 15.3 Å². The predicted molar refractivity (Wildman–Crippen MR) is 75.4 cm³/mol. The first kappa shape index (κ1) is 12.8. The Kier molecular flexibility index (Phi) is 3.88. The first-order valence-corrected chi connectivity index (χ1v) is 5.81. The molecular formula is C16H14O3. The fourth-order valence-corrected chi connectivity index (χ4v) is 1.68. The first-order chi connectivity index (χ1) is 9.16. The van der Waals surface area contributed by atoms with Crippen LogP contribution in [-0.2, 0) is 0 Å². The third-order valence-corrected chi connectivity index (χ3v) is 2.60. The minimum atomic E-state index is 0.216. The number of hydrogen-bond donors (Lipinski definition) is 3. The second-order valence-corrected chi connectivity index (χ2v) is 4.02. The molecule has 3 aromatic rings. The van der Waals surface area contributed by atoms with E-state index in [9.17, 15) is 5.11 Å². The van der Waals surface area contributed by atoms with Crippen molar-refractivity contribution in [1.82, 2.24) is 0 Å². The minimum Gasteiger partial charge on any atom is -0.508 e. The number of hydrogen-bond acceptors (Lipinski definition) is 3. The second-order valence-electron chi connectivity index (χ2n) is 4.02. The molecule has 0 aliphatic heterocycles. The number of aromatic hydroxyl groups is 3. The minimum absolute atomic E-state index is 0.216. The van der Waals surface area contributed by atoms with Crippen molar-refractivity contribution < 1.29 is 15.3 Å². The van der Waals surface area contributed by atoms with Crippen LogP contribution in [0.25, 0.3) is 10.8 Å². The summed E-state index contributed by atoms with van der Waals surface area (Å²) >= 11 is 0. The van der Waals surface area contributed by atoms with E-state index in [1.54, 1.807) is 54.6 Å². The van der Waals surface area contributed by atoms with Crippen molar-refractivity contribution in [2.24, 2.45) is 0 Å². The predicted octanol–water partition coefficient (Wildman–Crippen LogP) is 3.64. The molecule has 19 heavy (non-hydrogen) atoms. The van der Waals surface area contributed by atoms with Crippen LogP contribution in [0.5, 0.6) is 17.2 Å². The van der Waals surface area contributed by atoms with Gasteiger partial charge in [-0.15, -0.1) is 0 Å². The summed E-state index contributed by atoms with van der Waals surface area (Å²) in [7, 11) is 0. The zero-order chi connectivity index (χ0) is 13.7. The van der Waals surface area contributed by atoms with Gasteiger partial charge in [0, 0.05) is 5.39 Å². The normalized spacial score (nSPS) is 9.68. The highest BCUT2D eigenvalue weighted by Gasteiger charge is 1.98. The first-order valence-electron chi connectivity index (χ1n) is 5.81. The van der Waals surface area contributed by atoms with Crippen LogP contribution in [0.3, 0.4) is 0 Å². The van der Waals surface area contributed by atoms with Gasteiger partial charge in [0.1, 0.15) is 17.2 Å². The van der Waals surface area contributed by atoms with Gasteiger partial charge in [0.25, 0.3) is 0 Å². The Balaban J connectivity index is 0.000000163. The third kappa shape index (κ3) is 3.39. The monoisotopic (exact) mass is 254 g/mol. The molecule has 0 heterocycles. The molecule has 3 nitrogen and oxygen atoms in total. The molecule has 96 valence electrons. The van der Waals surface area contributed by atoms with Gasteiger partial charge in [-0.2, -0.15) is 0 Å². The zero-order valence-corrected chi connectivity index (χ0v) is 10.2. The Morgan fingerprint density at radius 1 is 0.579 bits per heavy atom. The topological polar surface area (TPSA) is 60.7 Å². The summed E-state index contributed by atoms with van der Waals surface area (Å²) in [5.41, 5.74) is 0. The highest BCUT2D eigenvalue weighted by molar-refractivity contribution is 5.88. The van der Waals surface area contributed by atoms with Crippen molar-refractivity contribution in [3.05, 3.63) is 66.7 Å². The molecule has 3 aromatic carbocycles. The fourth-order valence-electron chi connectivity index (χ4n) is 1.68. The van der Waals surface area contributed by atoms with Crippen LogP contribution in [0.1, 0.15) is 0 Å². The molecule has 3 rings (SSSR count). The Morgan fingerprint density at radius 2 is 1.32 bits per heavy atom. The van der Waals surface area contributed by atoms with E-state index in [0.717, 1.165) is 10.8 Å². The number of fused-ring (bicyclic) bond motifs is 1. The van der Waals surface area contributed by atoms with Gasteiger partial charge in [0.2, 0.25) is 0 Å². The van der Waals surface area contributed by atoms with Gasteiger partial charge >= 0.3 is 0 Å². The number of benzene rings is 3. The van der Waals surface area contributed by atoms with Crippen molar-refractivity contribution in [3.8, 4) is 17.2 Å². The second kappa shape index (κ2) is 5.78. The summed E-state index contributed by atoms with van der Waals surface area (Å²) in [6.45, 7) is 0. The summed E-state index contributed by atoms with van der Waals surface area (Å²) in [6.07, 6.45) is 0. The number of rotatable bonds is 0. The molecule has 0 aliphatic rings. The van der Waals surface area contributed by atoms with Crippen molar-refractivity contribution in [2.75, 3.05) is 0 Å². The molecule has 0 saturated heterocycles. The summed E-state index contributed by atoms with van der Waals surface area (Å²) in [5, 5.41) is 28.8. The fraction of sp³-hybridized carbons (Fsp3) is 0. The quantitative estimate of drug-likeness (QED) is 0.574. The van der Waals surface area contributed by atoms with E-state index in [-0.39, 0.29) is 11.5 Å². The van der Waals surface area contributed by atoms with Crippen LogP contribution in [0.2, 0.25) is 0 Å². The lowest BCUT2D eigenvalue weighted by Crippen LogP contribution is -1.72. The van der Waals surface area contributed by atoms with Crippen molar-refractivity contribution >= 4 is 10.8 Å². The van der Waals surface area contributed by atoms with Gasteiger partial charge < -0.3 is 15.3 Å². The van der Waals surface area contributed by atoms with Gasteiger partial charge in [-0.25, -0.2) is 0 Å². The molecule has 0 spiro atoms. The Labute approximate surface area is 111 Å². The lowest BCUT2D eigenvalue weighted by Gasteiger charge is -1.99. The van der Waals surface area contributed by atoms with Crippen LogP contribution in [0.4, 0.5) is 0 Å². The number of para-hydroxylation sites is 1. The average Bonchev–Trinajstić information content (AvgIpc) is 2.40. The molecular weight excluding hydrogens is 240 g/mol. The lowest BCUT2D eigenvalue weighted by atomic mass is 10.1. The van der Waals surface area contributed by atoms with Crippen LogP contribution in [0, 0.1) is 0 Å². The standard InChI is InChI=1S/C10H8O2.C6H6O/c11-8-4-5-9-7(6-8)2-1-3-10(9)12;7-6-4-2-1-3-5-6/h1-6,11-12H;1-5,7H. The van der Waals surface area contributed by atoms with Crippen LogP contribution < -0.4 is 0 Å². The molecule has 0 radical (unpaired) electrons. The van der Waals surface area contributed by atoms with Gasteiger partial charge in [-0.3, -0.25) is 0 Å². The summed E-state index contributed by atoms with van der Waals surface area (Å²) in [6, 6.07) is 18.8. The zero-order valence-electron chi connectivity index (χ0n) is 10.2. The molecule has 3 heteroatoms. The average molecular weight is 254 g/mol. The van der Waals surface area contributed by atoms with Gasteiger partial charge in [-0.1, -0.05) is 30.3 Å². The SMILES string of the molecule is Oc1ccc2c(O)cccc2c1.Oc1ccccc1. The highest BCUT2D eigenvalue weighted by Crippen LogP contribution is 2.26. The molecule has 0 bridgehead atoms. The summed E-state index contributed by atoms with van der Waals surface area (Å²) < 4.78 is 0. The lowest BCUT2D eigenvalue weighted by molar-refractivity contribution is 0.474. The van der Waals surface area contributed by atoms with E-state index in [2.05, 4.69) is 0 Å². The van der Waals surface area contributed by atoms with Crippen molar-refractivity contribution in [2.45, 2.75) is 0 Å². The maximum atomic E-state index is 9.38. The molecule has 0 amide bonds. The van der Waals surface area contributed by atoms with E-state index in [0.29, 0.717) is 5.75 Å². The molecule has 0 aromatic heterocycles. The highest BCUT2D eigenvalue weighted by atomic mass is 16.3. The van der Waals surface area contributed by atoms with E-state index < -0.39 is 0 Å². The Hall–Kier alpha value is -2.68. The van der Waals surface area contributed by atoms with E-state index in [1.807, 2.05) is 12.1 Å². The molecule has 3 N–H and O–H groups in total. The van der Waals surface area contributed by atoms with Crippen molar-refractivity contribution in [3.63, 3.8) is 0 Å². The van der Waals surface area contributed by atoms with E-state index in [1.165, 1.54) is 0 Å². The Morgan fingerprint density at radius 3 is 1.95 bits per heavy atom. The molecule has 0 fully saturated rings. The summed E-state index contributed by atoms with van der Waals surface area (Å²) in [4.78, 5) is 0. The van der Waals surface area contributed by atoms with Crippen LogP contribution in [0.15, 0.2) is 66.7 Å². The van der Waals surface area contributed by atoms with Gasteiger partial charge in [0.05, 0.1) is 0 Å². The summed E-state index contributed by atoms with van der Waals surface area (Å²) in [5.74, 6) is 0.781. The molecule has 0 aliphatic carbocycles. The van der Waals surface area contributed by atoms with Crippen molar-refractivity contribution in [1.29, 1.82) is 0 Å². The Bertz CT molecular complexity index is 663. The van der Waals surface area contributed by atoms with Crippen LogP contribution >= 0.6 is 0 Å². The maximum absolute atomic E-state index is 9.38. The third-order valence-electron chi connectivity index (χ3n) is 2.60. The molecule has 0 atom stereocenters. The molecule has 0 saturated carbocycles. The van der Waals surface area contributed by atoms with Gasteiger partial charge in [-0.05, 0) is 41.8 Å². The number of phenolic OH excluding ortho intramolecular Hbond substituents is 3. The van der Waals surface area contributed by atoms with E-state index in [4.69, 9.17) is 10.2 Å².